The summed E-state index contributed by atoms with van der Waals surface area (Å²) in [5.74, 6) is 0. The van der Waals surface area contributed by atoms with Crippen LogP contribution in [-0.4, -0.2) is 7.11 Å². The monoisotopic (exact) mass is 353 g/mol. The number of halogens is 2. The van der Waals surface area contributed by atoms with Crippen molar-refractivity contribution < 1.29 is 4.74 Å². The first-order chi connectivity index (χ1) is 9.60. The van der Waals surface area contributed by atoms with Gasteiger partial charge in [-0.3, -0.25) is 0 Å². The van der Waals surface area contributed by atoms with Crippen molar-refractivity contribution in [2.45, 2.75) is 20.1 Å². The number of hydrogen-bond donors (Lipinski definition) is 1. The first kappa shape index (κ1) is 15.4. The minimum absolute atomic E-state index is 0.646. The largest absolute Gasteiger partial charge is 0.380 e. The van der Waals surface area contributed by atoms with E-state index < -0.39 is 0 Å². The maximum atomic E-state index is 6.15. The van der Waals surface area contributed by atoms with Gasteiger partial charge in [-0.25, -0.2) is 0 Å². The number of nitrogens with one attached hydrogen (secondary N) is 1. The van der Waals surface area contributed by atoms with Gasteiger partial charge < -0.3 is 10.1 Å². The van der Waals surface area contributed by atoms with Crippen LogP contribution in [0.4, 0.5) is 5.69 Å². The molecule has 0 atom stereocenters. The van der Waals surface area contributed by atoms with E-state index >= 15 is 0 Å². The summed E-state index contributed by atoms with van der Waals surface area (Å²) in [6, 6.07) is 12.3. The van der Waals surface area contributed by atoms with Gasteiger partial charge in [0, 0.05) is 23.1 Å². The Morgan fingerprint density at radius 2 is 1.80 bits per heavy atom. The van der Waals surface area contributed by atoms with Crippen LogP contribution in [0.1, 0.15) is 16.7 Å². The second kappa shape index (κ2) is 7.11. The minimum atomic E-state index is 0.646. The summed E-state index contributed by atoms with van der Waals surface area (Å²) >= 11 is 9.70. The number of hydrogen-bond acceptors (Lipinski definition) is 2. The molecule has 0 amide bonds. The van der Waals surface area contributed by atoms with Gasteiger partial charge in [-0.15, -0.1) is 0 Å². The molecule has 0 aliphatic carbocycles. The van der Waals surface area contributed by atoms with Crippen LogP contribution in [0.3, 0.4) is 0 Å². The molecule has 2 aromatic carbocycles. The molecule has 0 aromatic heterocycles. The van der Waals surface area contributed by atoms with E-state index in [2.05, 4.69) is 45.5 Å². The number of anilines is 1. The molecule has 0 bridgehead atoms. The molecule has 106 valence electrons. The lowest BCUT2D eigenvalue weighted by Gasteiger charge is -2.11. The first-order valence-electron chi connectivity index (χ1n) is 6.36. The van der Waals surface area contributed by atoms with Crippen molar-refractivity contribution in [1.29, 1.82) is 0 Å². The average molecular weight is 355 g/mol. The van der Waals surface area contributed by atoms with E-state index in [0.29, 0.717) is 6.61 Å². The smallest absolute Gasteiger partial charge is 0.0713 e. The summed E-state index contributed by atoms with van der Waals surface area (Å²) < 4.78 is 6.12. The van der Waals surface area contributed by atoms with Crippen LogP contribution in [-0.2, 0) is 17.9 Å². The van der Waals surface area contributed by atoms with E-state index in [4.69, 9.17) is 16.3 Å². The number of methoxy groups -OCH3 is 1. The second-order valence-corrected chi connectivity index (χ2v) is 5.95. The first-order valence-corrected chi connectivity index (χ1v) is 7.53. The van der Waals surface area contributed by atoms with E-state index in [0.717, 1.165) is 27.3 Å². The molecule has 4 heteroatoms. The Kier molecular flexibility index (Phi) is 5.46. The third-order valence-corrected chi connectivity index (χ3v) is 4.13. The topological polar surface area (TPSA) is 21.3 Å². The lowest BCUT2D eigenvalue weighted by molar-refractivity contribution is 0.185. The van der Waals surface area contributed by atoms with Gasteiger partial charge in [0.15, 0.2) is 0 Å². The van der Waals surface area contributed by atoms with E-state index in [-0.39, 0.29) is 0 Å². The molecule has 20 heavy (non-hydrogen) atoms. The third kappa shape index (κ3) is 3.98. The number of aryl methyl sites for hydroxylation is 1. The molecule has 0 radical (unpaired) electrons. The van der Waals surface area contributed by atoms with Crippen molar-refractivity contribution in [3.05, 3.63) is 62.6 Å². The molecule has 0 fully saturated rings. The van der Waals surface area contributed by atoms with Crippen LogP contribution in [0, 0.1) is 6.92 Å². The Labute approximate surface area is 133 Å². The van der Waals surface area contributed by atoms with Gasteiger partial charge in [-0.2, -0.15) is 0 Å². The summed E-state index contributed by atoms with van der Waals surface area (Å²) in [7, 11) is 1.70. The highest BCUT2D eigenvalue weighted by molar-refractivity contribution is 9.10. The zero-order valence-electron chi connectivity index (χ0n) is 11.5. The van der Waals surface area contributed by atoms with Gasteiger partial charge in [0.2, 0.25) is 0 Å². The minimum Gasteiger partial charge on any atom is -0.380 e. The molecule has 0 aliphatic heterocycles. The Bertz CT molecular complexity index is 584. The van der Waals surface area contributed by atoms with Gasteiger partial charge in [-0.1, -0.05) is 35.9 Å². The fourth-order valence-corrected chi connectivity index (χ4v) is 2.66. The molecule has 0 saturated heterocycles. The molecule has 1 N–H and O–H groups in total. The number of ether oxygens (including phenoxy) is 1. The second-order valence-electron chi connectivity index (χ2n) is 4.68. The highest BCUT2D eigenvalue weighted by Crippen LogP contribution is 2.29. The fraction of sp³-hybridized carbons (Fsp3) is 0.250. The van der Waals surface area contributed by atoms with Crippen LogP contribution in [0.15, 0.2) is 40.9 Å². The Morgan fingerprint density at radius 3 is 2.45 bits per heavy atom. The highest BCUT2D eigenvalue weighted by Gasteiger charge is 2.04. The quantitative estimate of drug-likeness (QED) is 0.800. The van der Waals surface area contributed by atoms with Crippen molar-refractivity contribution in [3.8, 4) is 0 Å². The molecule has 0 unspecified atom stereocenters. The third-order valence-electron chi connectivity index (χ3n) is 3.07. The highest BCUT2D eigenvalue weighted by atomic mass is 79.9. The summed E-state index contributed by atoms with van der Waals surface area (Å²) in [4.78, 5) is 0. The molecule has 0 saturated carbocycles. The lowest BCUT2D eigenvalue weighted by Crippen LogP contribution is -2.01. The van der Waals surface area contributed by atoms with Gasteiger partial charge in [0.25, 0.3) is 0 Å². The van der Waals surface area contributed by atoms with Crippen LogP contribution >= 0.6 is 27.5 Å². The van der Waals surface area contributed by atoms with Crippen LogP contribution < -0.4 is 5.32 Å². The van der Waals surface area contributed by atoms with Crippen LogP contribution in [0.2, 0.25) is 5.02 Å². The van der Waals surface area contributed by atoms with E-state index in [1.165, 1.54) is 11.1 Å². The van der Waals surface area contributed by atoms with E-state index in [9.17, 15) is 0 Å². The standard InChI is InChI=1S/C16H17BrClNO/c1-11-7-14(17)16(8-15(11)18)19-9-12-3-5-13(6-4-12)10-20-2/h3-8,19H,9-10H2,1-2H3. The van der Waals surface area contributed by atoms with Gasteiger partial charge >= 0.3 is 0 Å². The zero-order valence-corrected chi connectivity index (χ0v) is 13.9. The summed E-state index contributed by atoms with van der Waals surface area (Å²) in [6.07, 6.45) is 0. The lowest BCUT2D eigenvalue weighted by atomic mass is 10.1. The SMILES string of the molecule is COCc1ccc(CNc2cc(Cl)c(C)cc2Br)cc1. The van der Waals surface area contributed by atoms with Gasteiger partial charge in [0.05, 0.1) is 12.3 Å². The van der Waals surface area contributed by atoms with Crippen LogP contribution in [0.5, 0.6) is 0 Å². The summed E-state index contributed by atoms with van der Waals surface area (Å²) in [5, 5.41) is 4.16. The maximum absolute atomic E-state index is 6.15. The Hall–Kier alpha value is -1.03. The molecule has 0 heterocycles. The maximum Gasteiger partial charge on any atom is 0.0713 e. The van der Waals surface area contributed by atoms with Crippen molar-refractivity contribution in [2.24, 2.45) is 0 Å². The summed E-state index contributed by atoms with van der Waals surface area (Å²) in [5.41, 5.74) is 4.46. The summed E-state index contributed by atoms with van der Waals surface area (Å²) in [6.45, 7) is 3.39. The van der Waals surface area contributed by atoms with Crippen molar-refractivity contribution in [2.75, 3.05) is 12.4 Å². The fourth-order valence-electron chi connectivity index (χ4n) is 1.90. The molecule has 2 rings (SSSR count). The number of benzene rings is 2. The van der Waals surface area contributed by atoms with Gasteiger partial charge in [0.1, 0.15) is 0 Å². The average Bonchev–Trinajstić information content (AvgIpc) is 2.43. The Morgan fingerprint density at radius 1 is 1.15 bits per heavy atom. The van der Waals surface area contributed by atoms with Crippen LogP contribution in [0.25, 0.3) is 0 Å². The van der Waals surface area contributed by atoms with E-state index in [1.54, 1.807) is 7.11 Å². The molecule has 0 spiro atoms. The molecular formula is C16H17BrClNO. The predicted octanol–water partition coefficient (Wildman–Crippen LogP) is 5.17. The van der Waals surface area contributed by atoms with Crippen molar-refractivity contribution in [1.82, 2.24) is 0 Å². The van der Waals surface area contributed by atoms with E-state index in [1.807, 2.05) is 19.1 Å². The molecular weight excluding hydrogens is 338 g/mol. The van der Waals surface area contributed by atoms with Crippen molar-refractivity contribution >= 4 is 33.2 Å². The molecule has 2 aromatic rings. The molecule has 0 aliphatic rings. The van der Waals surface area contributed by atoms with Crippen molar-refractivity contribution in [3.63, 3.8) is 0 Å². The Balaban J connectivity index is 2.03. The number of rotatable bonds is 5. The molecule has 2 nitrogen and oxygen atoms in total. The predicted molar refractivity (Wildman–Crippen MR) is 88.4 cm³/mol. The van der Waals surface area contributed by atoms with Gasteiger partial charge in [-0.05, 0) is 51.7 Å². The normalized spacial score (nSPS) is 10.6. The zero-order chi connectivity index (χ0) is 14.5.